The van der Waals surface area contributed by atoms with Gasteiger partial charge in [0.15, 0.2) is 0 Å². The molecule has 0 bridgehead atoms. The number of nitrogens with zero attached hydrogens (tertiary/aromatic N) is 2. The van der Waals surface area contributed by atoms with Gasteiger partial charge >= 0.3 is 0 Å². The number of ether oxygens (including phenoxy) is 3. The van der Waals surface area contributed by atoms with Gasteiger partial charge in [0, 0.05) is 30.3 Å². The van der Waals surface area contributed by atoms with Crippen molar-refractivity contribution in [3.63, 3.8) is 0 Å². The maximum absolute atomic E-state index is 13.3. The average Bonchev–Trinajstić information content (AvgIpc) is 3.16. The fourth-order valence-corrected chi connectivity index (χ4v) is 4.35. The van der Waals surface area contributed by atoms with Crippen LogP contribution in [-0.4, -0.2) is 73.6 Å². The van der Waals surface area contributed by atoms with Crippen LogP contribution in [0.25, 0.3) is 5.76 Å². The van der Waals surface area contributed by atoms with Crippen molar-refractivity contribution in [2.45, 2.75) is 33.2 Å². The molecule has 1 aliphatic rings. The molecule has 8 nitrogen and oxygen atoms in total. The highest BCUT2D eigenvalue weighted by Gasteiger charge is 2.47. The van der Waals surface area contributed by atoms with E-state index in [-0.39, 0.29) is 11.3 Å². The number of methoxy groups -OCH3 is 2. The molecule has 194 valence electrons. The Morgan fingerprint density at radius 1 is 0.972 bits per heavy atom. The number of likely N-dealkylation sites (tertiary alicyclic amines) is 1. The van der Waals surface area contributed by atoms with Gasteiger partial charge in [0.05, 0.1) is 32.4 Å². The van der Waals surface area contributed by atoms with E-state index >= 15 is 0 Å². The Balaban J connectivity index is 2.11. The third-order valence-electron chi connectivity index (χ3n) is 6.43. The number of aliphatic hydroxyl groups excluding tert-OH is 1. The van der Waals surface area contributed by atoms with Crippen LogP contribution in [0.4, 0.5) is 0 Å². The molecule has 8 heteroatoms. The fourth-order valence-electron chi connectivity index (χ4n) is 4.35. The van der Waals surface area contributed by atoms with Gasteiger partial charge in [-0.2, -0.15) is 0 Å². The third kappa shape index (κ3) is 5.65. The van der Waals surface area contributed by atoms with Gasteiger partial charge in [-0.15, -0.1) is 0 Å². The Bertz CT molecular complexity index is 1090. The zero-order valence-corrected chi connectivity index (χ0v) is 21.7. The molecule has 0 saturated carbocycles. The van der Waals surface area contributed by atoms with Gasteiger partial charge in [0.2, 0.25) is 0 Å². The number of aliphatic hydroxyl groups is 1. The van der Waals surface area contributed by atoms with Crippen molar-refractivity contribution < 1.29 is 28.9 Å². The van der Waals surface area contributed by atoms with Crippen molar-refractivity contribution in [2.75, 3.05) is 47.0 Å². The topological polar surface area (TPSA) is 88.5 Å². The summed E-state index contributed by atoms with van der Waals surface area (Å²) in [7, 11) is 3.08. The maximum Gasteiger partial charge on any atom is 0.295 e. The molecule has 36 heavy (non-hydrogen) atoms. The number of ketones is 1. The van der Waals surface area contributed by atoms with Crippen molar-refractivity contribution in [3.05, 3.63) is 59.2 Å². The average molecular weight is 497 g/mol. The van der Waals surface area contributed by atoms with Crippen LogP contribution >= 0.6 is 0 Å². The SMILES string of the molecule is CCCOc1ccc(/C(O)=C2\C(=O)C(=O)N(CCN(CC)CC)C2c2ccc(OC)cc2OC)cc1. The van der Waals surface area contributed by atoms with Crippen LogP contribution in [0.2, 0.25) is 0 Å². The van der Waals surface area contributed by atoms with Crippen LogP contribution in [0.1, 0.15) is 44.4 Å². The molecule has 1 heterocycles. The molecule has 1 N–H and O–H groups in total. The van der Waals surface area contributed by atoms with Gasteiger partial charge in [0.25, 0.3) is 11.7 Å². The van der Waals surface area contributed by atoms with Crippen molar-refractivity contribution in [2.24, 2.45) is 0 Å². The van der Waals surface area contributed by atoms with E-state index in [1.807, 2.05) is 6.92 Å². The van der Waals surface area contributed by atoms with Crippen LogP contribution in [0, 0.1) is 0 Å². The highest BCUT2D eigenvalue weighted by Crippen LogP contribution is 2.43. The van der Waals surface area contributed by atoms with E-state index in [1.165, 1.54) is 12.0 Å². The first-order chi connectivity index (χ1) is 17.4. The molecule has 1 saturated heterocycles. The quantitative estimate of drug-likeness (QED) is 0.267. The molecule has 1 atom stereocenters. The number of Topliss-reactive ketones (excluding diaryl/α,β-unsaturated/α-hetero) is 1. The number of benzene rings is 2. The number of amides is 1. The van der Waals surface area contributed by atoms with E-state index in [0.717, 1.165) is 19.5 Å². The smallest absolute Gasteiger partial charge is 0.295 e. The second-order valence-corrected chi connectivity index (χ2v) is 8.50. The molecular formula is C28H36N2O6. The summed E-state index contributed by atoms with van der Waals surface area (Å²) in [5.41, 5.74) is 1.06. The lowest BCUT2D eigenvalue weighted by molar-refractivity contribution is -0.140. The normalized spacial score (nSPS) is 17.1. The number of likely N-dealkylation sites (N-methyl/N-ethyl adjacent to an activating group) is 1. The van der Waals surface area contributed by atoms with E-state index in [9.17, 15) is 14.7 Å². The summed E-state index contributed by atoms with van der Waals surface area (Å²) in [5, 5.41) is 11.3. The summed E-state index contributed by atoms with van der Waals surface area (Å²) >= 11 is 0. The standard InChI is InChI=1S/C28H36N2O6/c1-6-17-36-20-11-9-19(10-12-20)26(31)24-25(22-14-13-21(34-4)18-23(22)35-5)30(28(33)27(24)32)16-15-29(7-2)8-3/h9-14,18,25,31H,6-8,15-17H2,1-5H3/b26-24+. The number of hydrogen-bond donors (Lipinski definition) is 1. The van der Waals surface area contributed by atoms with E-state index in [2.05, 4.69) is 18.7 Å². The first-order valence-electron chi connectivity index (χ1n) is 12.4. The van der Waals surface area contributed by atoms with Gasteiger partial charge in [-0.3, -0.25) is 9.59 Å². The zero-order chi connectivity index (χ0) is 26.2. The summed E-state index contributed by atoms with van der Waals surface area (Å²) in [6, 6.07) is 11.3. The molecule has 1 fully saturated rings. The van der Waals surface area contributed by atoms with Gasteiger partial charge < -0.3 is 29.1 Å². The predicted molar refractivity (Wildman–Crippen MR) is 139 cm³/mol. The van der Waals surface area contributed by atoms with Gasteiger partial charge in [-0.05, 0) is 55.9 Å². The predicted octanol–water partition coefficient (Wildman–Crippen LogP) is 4.26. The molecular weight excluding hydrogens is 460 g/mol. The largest absolute Gasteiger partial charge is 0.507 e. The fraction of sp³-hybridized carbons (Fsp3) is 0.429. The molecule has 0 radical (unpaired) electrons. The van der Waals surface area contributed by atoms with E-state index in [4.69, 9.17) is 14.2 Å². The Hall–Kier alpha value is -3.52. The van der Waals surface area contributed by atoms with E-state index in [1.54, 1.807) is 49.6 Å². The number of carbonyl (C=O) groups excluding carboxylic acids is 2. The first-order valence-corrected chi connectivity index (χ1v) is 12.4. The summed E-state index contributed by atoms with van der Waals surface area (Å²) in [5.74, 6) is 0.113. The van der Waals surface area contributed by atoms with Crippen molar-refractivity contribution >= 4 is 17.4 Å². The molecule has 2 aromatic rings. The lowest BCUT2D eigenvalue weighted by Gasteiger charge is -2.29. The molecule has 2 aromatic carbocycles. The van der Waals surface area contributed by atoms with Crippen molar-refractivity contribution in [3.8, 4) is 17.2 Å². The third-order valence-corrected chi connectivity index (χ3v) is 6.43. The molecule has 0 aromatic heterocycles. The minimum Gasteiger partial charge on any atom is -0.507 e. The molecule has 3 rings (SSSR count). The Kier molecular flexibility index (Phi) is 9.36. The second-order valence-electron chi connectivity index (χ2n) is 8.50. The lowest BCUT2D eigenvalue weighted by Crippen LogP contribution is -2.38. The second kappa shape index (κ2) is 12.4. The maximum atomic E-state index is 13.3. The summed E-state index contributed by atoms with van der Waals surface area (Å²) in [6.45, 7) is 9.27. The van der Waals surface area contributed by atoms with Crippen LogP contribution in [0.15, 0.2) is 48.0 Å². The Labute approximate surface area is 213 Å². The van der Waals surface area contributed by atoms with E-state index < -0.39 is 17.7 Å². The monoisotopic (exact) mass is 496 g/mol. The van der Waals surface area contributed by atoms with Gasteiger partial charge in [-0.1, -0.05) is 20.8 Å². The number of rotatable bonds is 12. The van der Waals surface area contributed by atoms with Crippen LogP contribution in [0.3, 0.4) is 0 Å². The minimum atomic E-state index is -0.808. The lowest BCUT2D eigenvalue weighted by atomic mass is 9.94. The summed E-state index contributed by atoms with van der Waals surface area (Å²) < 4.78 is 16.6. The van der Waals surface area contributed by atoms with Crippen LogP contribution in [0.5, 0.6) is 17.2 Å². The molecule has 1 amide bonds. The molecule has 1 unspecified atom stereocenters. The first kappa shape index (κ1) is 27.1. The summed E-state index contributed by atoms with van der Waals surface area (Å²) in [6.07, 6.45) is 0.877. The molecule has 0 spiro atoms. The minimum absolute atomic E-state index is 0.0326. The van der Waals surface area contributed by atoms with Crippen molar-refractivity contribution in [1.82, 2.24) is 9.80 Å². The van der Waals surface area contributed by atoms with E-state index in [0.29, 0.717) is 48.1 Å². The highest BCUT2D eigenvalue weighted by molar-refractivity contribution is 6.46. The van der Waals surface area contributed by atoms with Crippen molar-refractivity contribution in [1.29, 1.82) is 0 Å². The summed E-state index contributed by atoms with van der Waals surface area (Å²) in [4.78, 5) is 30.3. The highest BCUT2D eigenvalue weighted by atomic mass is 16.5. The number of hydrogen-bond acceptors (Lipinski definition) is 7. The zero-order valence-electron chi connectivity index (χ0n) is 21.7. The number of carbonyl (C=O) groups is 2. The van der Waals surface area contributed by atoms with Gasteiger partial charge in [0.1, 0.15) is 23.0 Å². The molecule has 1 aliphatic heterocycles. The Morgan fingerprint density at radius 2 is 1.64 bits per heavy atom. The molecule has 0 aliphatic carbocycles. The Morgan fingerprint density at radius 3 is 2.22 bits per heavy atom. The van der Waals surface area contributed by atoms with Crippen LogP contribution < -0.4 is 14.2 Å². The van der Waals surface area contributed by atoms with Crippen LogP contribution in [-0.2, 0) is 9.59 Å². The van der Waals surface area contributed by atoms with Gasteiger partial charge in [-0.25, -0.2) is 0 Å².